The number of nitrogens with two attached hydrogens (primary N) is 1. The molecule has 0 aliphatic rings. The predicted octanol–water partition coefficient (Wildman–Crippen LogP) is 2.54. The summed E-state index contributed by atoms with van der Waals surface area (Å²) in [6.07, 6.45) is 0. The lowest BCUT2D eigenvalue weighted by Gasteiger charge is -2.13. The number of hydrogen-bond donors (Lipinski definition) is 2. The maximum absolute atomic E-state index is 11.7. The van der Waals surface area contributed by atoms with E-state index in [4.69, 9.17) is 15.7 Å². The zero-order valence-corrected chi connectivity index (χ0v) is 11.6. The van der Waals surface area contributed by atoms with Gasteiger partial charge in [-0.05, 0) is 29.8 Å². The monoisotopic (exact) mass is 281 g/mol. The number of nitrogens with zero attached hydrogens (tertiary/aromatic N) is 1. The second-order valence-electron chi connectivity index (χ2n) is 4.42. The van der Waals surface area contributed by atoms with Crippen molar-refractivity contribution < 1.29 is 9.53 Å². The first-order valence-electron chi connectivity index (χ1n) is 6.35. The predicted molar refractivity (Wildman–Crippen MR) is 80.7 cm³/mol. The maximum Gasteiger partial charge on any atom is 0.340 e. The number of para-hydroxylation sites is 1. The first-order chi connectivity index (χ1) is 10.2. The molecule has 106 valence electrons. The first-order valence-corrected chi connectivity index (χ1v) is 6.35. The van der Waals surface area contributed by atoms with Gasteiger partial charge in [-0.15, -0.1) is 0 Å². The molecule has 0 aromatic heterocycles. The highest BCUT2D eigenvalue weighted by atomic mass is 16.5. The van der Waals surface area contributed by atoms with Gasteiger partial charge in [-0.3, -0.25) is 0 Å². The summed E-state index contributed by atoms with van der Waals surface area (Å²) in [6, 6.07) is 14.3. The number of ether oxygens (including phenoxy) is 1. The van der Waals surface area contributed by atoms with Crippen LogP contribution in [0.4, 0.5) is 11.4 Å². The second kappa shape index (κ2) is 6.44. The Balaban J connectivity index is 2.19. The van der Waals surface area contributed by atoms with Crippen LogP contribution < -0.4 is 11.1 Å². The van der Waals surface area contributed by atoms with E-state index >= 15 is 0 Å². The highest BCUT2D eigenvalue weighted by Gasteiger charge is 2.13. The number of esters is 1. The molecular weight excluding hydrogens is 266 g/mol. The standard InChI is InChI=1S/C16H15N3O2/c1-21-16(20)13-3-2-4-14(18)15(13)19-10-12-7-5-11(9-17)6-8-12/h2-8,19H,10,18H2,1H3. The van der Waals surface area contributed by atoms with E-state index in [0.717, 1.165) is 5.56 Å². The van der Waals surface area contributed by atoms with Gasteiger partial charge in [0.15, 0.2) is 0 Å². The number of rotatable bonds is 4. The van der Waals surface area contributed by atoms with E-state index in [0.29, 0.717) is 29.0 Å². The fraction of sp³-hybridized carbons (Fsp3) is 0.125. The average molecular weight is 281 g/mol. The SMILES string of the molecule is COC(=O)c1cccc(N)c1NCc1ccc(C#N)cc1. The number of nitriles is 1. The molecule has 5 heteroatoms. The Hall–Kier alpha value is -3.00. The van der Waals surface area contributed by atoms with Crippen molar-refractivity contribution >= 4 is 17.3 Å². The molecule has 0 amide bonds. The number of nitrogen functional groups attached to an aromatic ring is 1. The molecule has 0 spiro atoms. The molecule has 5 nitrogen and oxygen atoms in total. The molecule has 0 bridgehead atoms. The van der Waals surface area contributed by atoms with Crippen molar-refractivity contribution in [3.05, 3.63) is 59.2 Å². The van der Waals surface area contributed by atoms with Gasteiger partial charge >= 0.3 is 5.97 Å². The third-order valence-corrected chi connectivity index (χ3v) is 3.05. The molecule has 0 aliphatic heterocycles. The summed E-state index contributed by atoms with van der Waals surface area (Å²) in [4.78, 5) is 11.7. The van der Waals surface area contributed by atoms with Crippen LogP contribution in [0.25, 0.3) is 0 Å². The molecule has 0 saturated carbocycles. The third-order valence-electron chi connectivity index (χ3n) is 3.05. The summed E-state index contributed by atoms with van der Waals surface area (Å²) < 4.78 is 4.74. The molecule has 2 aromatic rings. The minimum atomic E-state index is -0.440. The van der Waals surface area contributed by atoms with E-state index in [2.05, 4.69) is 11.4 Å². The van der Waals surface area contributed by atoms with Crippen LogP contribution in [0, 0.1) is 11.3 Å². The van der Waals surface area contributed by atoms with Crippen molar-refractivity contribution in [2.45, 2.75) is 6.54 Å². The number of nitrogens with one attached hydrogen (secondary N) is 1. The number of anilines is 2. The van der Waals surface area contributed by atoms with Crippen molar-refractivity contribution in [3.63, 3.8) is 0 Å². The molecule has 0 saturated heterocycles. The van der Waals surface area contributed by atoms with Gasteiger partial charge in [-0.2, -0.15) is 5.26 Å². The topological polar surface area (TPSA) is 88.1 Å². The van der Waals surface area contributed by atoms with Crippen molar-refractivity contribution in [1.29, 1.82) is 5.26 Å². The number of methoxy groups -OCH3 is 1. The zero-order valence-electron chi connectivity index (χ0n) is 11.6. The number of hydrogen-bond acceptors (Lipinski definition) is 5. The Labute approximate surface area is 123 Å². The molecule has 0 unspecified atom stereocenters. The molecule has 21 heavy (non-hydrogen) atoms. The molecule has 0 heterocycles. The smallest absolute Gasteiger partial charge is 0.340 e. The number of carbonyl (C=O) groups excluding carboxylic acids is 1. The fourth-order valence-corrected chi connectivity index (χ4v) is 1.94. The van der Waals surface area contributed by atoms with Crippen LogP contribution in [-0.4, -0.2) is 13.1 Å². The summed E-state index contributed by atoms with van der Waals surface area (Å²) >= 11 is 0. The molecule has 2 rings (SSSR count). The summed E-state index contributed by atoms with van der Waals surface area (Å²) in [7, 11) is 1.33. The Kier molecular flexibility index (Phi) is 4.42. The van der Waals surface area contributed by atoms with Gasteiger partial charge < -0.3 is 15.8 Å². The van der Waals surface area contributed by atoms with E-state index in [1.807, 2.05) is 12.1 Å². The summed E-state index contributed by atoms with van der Waals surface area (Å²) in [5, 5.41) is 11.9. The molecule has 0 atom stereocenters. The number of carbonyl (C=O) groups is 1. The van der Waals surface area contributed by atoms with Crippen LogP contribution >= 0.6 is 0 Å². The lowest BCUT2D eigenvalue weighted by Crippen LogP contribution is -2.10. The molecule has 3 N–H and O–H groups in total. The molecule has 0 fully saturated rings. The molecule has 2 aromatic carbocycles. The van der Waals surface area contributed by atoms with Crippen LogP contribution in [0.15, 0.2) is 42.5 Å². The van der Waals surface area contributed by atoms with Crippen molar-refractivity contribution in [3.8, 4) is 6.07 Å². The fourth-order valence-electron chi connectivity index (χ4n) is 1.94. The first kappa shape index (κ1) is 14.4. The normalized spacial score (nSPS) is 9.71. The Morgan fingerprint density at radius 2 is 2.00 bits per heavy atom. The van der Waals surface area contributed by atoms with Gasteiger partial charge in [0.25, 0.3) is 0 Å². The zero-order chi connectivity index (χ0) is 15.2. The summed E-state index contributed by atoms with van der Waals surface area (Å²) in [5.41, 5.74) is 8.92. The highest BCUT2D eigenvalue weighted by molar-refractivity contribution is 5.98. The van der Waals surface area contributed by atoms with Gasteiger partial charge in [0.2, 0.25) is 0 Å². The summed E-state index contributed by atoms with van der Waals surface area (Å²) in [6.45, 7) is 0.490. The largest absolute Gasteiger partial charge is 0.465 e. The molecular formula is C16H15N3O2. The average Bonchev–Trinajstić information content (AvgIpc) is 2.53. The lowest BCUT2D eigenvalue weighted by molar-refractivity contribution is 0.0602. The van der Waals surface area contributed by atoms with Gasteiger partial charge in [0.05, 0.1) is 35.7 Å². The lowest BCUT2D eigenvalue weighted by atomic mass is 10.1. The van der Waals surface area contributed by atoms with Gasteiger partial charge in [0, 0.05) is 6.54 Å². The Bertz CT molecular complexity index is 688. The minimum absolute atomic E-state index is 0.395. The van der Waals surface area contributed by atoms with Crippen LogP contribution in [0.1, 0.15) is 21.5 Å². The van der Waals surface area contributed by atoms with E-state index in [1.165, 1.54) is 7.11 Å². The van der Waals surface area contributed by atoms with Crippen LogP contribution in [0.5, 0.6) is 0 Å². The Morgan fingerprint density at radius 3 is 2.62 bits per heavy atom. The molecule has 0 aliphatic carbocycles. The van der Waals surface area contributed by atoms with Crippen LogP contribution in [0.2, 0.25) is 0 Å². The van der Waals surface area contributed by atoms with E-state index in [-0.39, 0.29) is 0 Å². The second-order valence-corrected chi connectivity index (χ2v) is 4.42. The van der Waals surface area contributed by atoms with Crippen molar-refractivity contribution in [1.82, 2.24) is 0 Å². The van der Waals surface area contributed by atoms with Gasteiger partial charge in [-0.1, -0.05) is 18.2 Å². The molecule has 0 radical (unpaired) electrons. The quantitative estimate of drug-likeness (QED) is 0.664. The van der Waals surface area contributed by atoms with E-state index in [1.54, 1.807) is 30.3 Å². The third kappa shape index (κ3) is 3.31. The minimum Gasteiger partial charge on any atom is -0.465 e. The van der Waals surface area contributed by atoms with E-state index in [9.17, 15) is 4.79 Å². The number of benzene rings is 2. The Morgan fingerprint density at radius 1 is 1.29 bits per heavy atom. The van der Waals surface area contributed by atoms with Crippen molar-refractivity contribution in [2.75, 3.05) is 18.2 Å². The maximum atomic E-state index is 11.7. The highest BCUT2D eigenvalue weighted by Crippen LogP contribution is 2.24. The van der Waals surface area contributed by atoms with Crippen molar-refractivity contribution in [2.24, 2.45) is 0 Å². The van der Waals surface area contributed by atoms with E-state index < -0.39 is 5.97 Å². The van der Waals surface area contributed by atoms with Gasteiger partial charge in [0.1, 0.15) is 0 Å². The van der Waals surface area contributed by atoms with Gasteiger partial charge in [-0.25, -0.2) is 4.79 Å². The summed E-state index contributed by atoms with van der Waals surface area (Å²) in [5.74, 6) is -0.440. The van der Waals surface area contributed by atoms with Crippen LogP contribution in [-0.2, 0) is 11.3 Å². The van der Waals surface area contributed by atoms with Crippen LogP contribution in [0.3, 0.4) is 0 Å².